The van der Waals surface area contributed by atoms with E-state index >= 15 is 0 Å². The van der Waals surface area contributed by atoms with Crippen molar-refractivity contribution in [3.63, 3.8) is 0 Å². The molecule has 0 spiro atoms. The van der Waals surface area contributed by atoms with Crippen LogP contribution >= 0.6 is 24.0 Å². The van der Waals surface area contributed by atoms with Crippen LogP contribution in [0.3, 0.4) is 0 Å². The van der Waals surface area contributed by atoms with Crippen LogP contribution in [-0.2, 0) is 9.47 Å². The quantitative estimate of drug-likeness (QED) is 0.292. The number of aliphatic imine (C=N–C) groups is 1. The Kier molecular flexibility index (Phi) is 12.9. The summed E-state index contributed by atoms with van der Waals surface area (Å²) in [6.45, 7) is 13.6. The molecular formula is C20H41IN4O2. The monoisotopic (exact) mass is 496 g/mol. The molecule has 0 saturated carbocycles. The fourth-order valence-corrected chi connectivity index (χ4v) is 3.90. The van der Waals surface area contributed by atoms with Gasteiger partial charge in [0.05, 0.1) is 12.7 Å². The van der Waals surface area contributed by atoms with Gasteiger partial charge in [0.1, 0.15) is 0 Å². The molecule has 2 aliphatic rings. The Hall–Kier alpha value is -0.120. The van der Waals surface area contributed by atoms with Gasteiger partial charge >= 0.3 is 0 Å². The van der Waals surface area contributed by atoms with E-state index in [1.807, 2.05) is 7.05 Å². The Labute approximate surface area is 183 Å². The highest BCUT2D eigenvalue weighted by atomic mass is 127. The maximum Gasteiger partial charge on any atom is 0.191 e. The number of piperidine rings is 1. The number of guanidine groups is 1. The second kappa shape index (κ2) is 14.0. The molecule has 0 radical (unpaired) electrons. The molecular weight excluding hydrogens is 455 g/mol. The smallest absolute Gasteiger partial charge is 0.191 e. The lowest BCUT2D eigenvalue weighted by molar-refractivity contribution is 0.0258. The lowest BCUT2D eigenvalue weighted by Crippen LogP contribution is -2.49. The van der Waals surface area contributed by atoms with Crippen LogP contribution in [0.1, 0.15) is 46.5 Å². The fourth-order valence-electron chi connectivity index (χ4n) is 3.90. The van der Waals surface area contributed by atoms with Crippen LogP contribution in [0.2, 0.25) is 0 Å². The van der Waals surface area contributed by atoms with Gasteiger partial charge in [-0.05, 0) is 44.4 Å². The first-order chi connectivity index (χ1) is 12.6. The van der Waals surface area contributed by atoms with Gasteiger partial charge in [-0.25, -0.2) is 0 Å². The van der Waals surface area contributed by atoms with Gasteiger partial charge < -0.3 is 25.0 Å². The van der Waals surface area contributed by atoms with E-state index in [-0.39, 0.29) is 24.0 Å². The number of nitrogens with zero attached hydrogens (tertiary/aromatic N) is 2. The van der Waals surface area contributed by atoms with Gasteiger partial charge in [-0.3, -0.25) is 4.99 Å². The summed E-state index contributed by atoms with van der Waals surface area (Å²) < 4.78 is 11.3. The minimum atomic E-state index is 0. The van der Waals surface area contributed by atoms with Gasteiger partial charge in [-0.15, -0.1) is 24.0 Å². The number of ether oxygens (including phenoxy) is 2. The second-order valence-electron chi connectivity index (χ2n) is 7.97. The van der Waals surface area contributed by atoms with Crippen molar-refractivity contribution in [1.29, 1.82) is 0 Å². The van der Waals surface area contributed by atoms with Gasteiger partial charge in [0.15, 0.2) is 5.96 Å². The normalized spacial score (nSPS) is 23.3. The Morgan fingerprint density at radius 3 is 2.56 bits per heavy atom. The molecule has 2 fully saturated rings. The van der Waals surface area contributed by atoms with Crippen molar-refractivity contribution in [3.05, 3.63) is 0 Å². The van der Waals surface area contributed by atoms with Crippen molar-refractivity contribution in [1.82, 2.24) is 15.5 Å². The predicted octanol–water partition coefficient (Wildman–Crippen LogP) is 2.72. The van der Waals surface area contributed by atoms with Crippen LogP contribution in [0.25, 0.3) is 0 Å². The number of rotatable bonds is 9. The second-order valence-corrected chi connectivity index (χ2v) is 7.97. The third kappa shape index (κ3) is 9.28. The van der Waals surface area contributed by atoms with E-state index in [0.717, 1.165) is 44.7 Å². The minimum absolute atomic E-state index is 0. The van der Waals surface area contributed by atoms with Crippen molar-refractivity contribution in [2.75, 3.05) is 53.0 Å². The molecule has 160 valence electrons. The summed E-state index contributed by atoms with van der Waals surface area (Å²) in [4.78, 5) is 7.00. The summed E-state index contributed by atoms with van der Waals surface area (Å²) in [5.74, 6) is 2.21. The van der Waals surface area contributed by atoms with Crippen LogP contribution in [-0.4, -0.2) is 76.1 Å². The van der Waals surface area contributed by atoms with E-state index in [4.69, 9.17) is 9.47 Å². The fraction of sp³-hybridized carbons (Fsp3) is 0.950. The van der Waals surface area contributed by atoms with Crippen molar-refractivity contribution >= 4 is 29.9 Å². The molecule has 2 aliphatic heterocycles. The summed E-state index contributed by atoms with van der Waals surface area (Å²) >= 11 is 0. The topological polar surface area (TPSA) is 58.1 Å². The molecule has 27 heavy (non-hydrogen) atoms. The summed E-state index contributed by atoms with van der Waals surface area (Å²) in [7, 11) is 1.85. The van der Waals surface area contributed by atoms with E-state index in [1.165, 1.54) is 38.9 Å². The molecule has 0 bridgehead atoms. The van der Waals surface area contributed by atoms with Crippen LogP contribution in [0.5, 0.6) is 0 Å². The van der Waals surface area contributed by atoms with Gasteiger partial charge in [-0.1, -0.05) is 13.8 Å². The molecule has 2 N–H and O–H groups in total. The number of halogens is 1. The molecule has 0 amide bonds. The van der Waals surface area contributed by atoms with Crippen molar-refractivity contribution < 1.29 is 9.47 Å². The molecule has 2 heterocycles. The molecule has 6 nitrogen and oxygen atoms in total. The Morgan fingerprint density at radius 2 is 2.00 bits per heavy atom. The number of nitrogens with one attached hydrogen (secondary N) is 2. The van der Waals surface area contributed by atoms with Gasteiger partial charge in [0.25, 0.3) is 0 Å². The maximum atomic E-state index is 5.82. The van der Waals surface area contributed by atoms with Gasteiger partial charge in [0, 0.05) is 52.5 Å². The highest BCUT2D eigenvalue weighted by Gasteiger charge is 2.24. The van der Waals surface area contributed by atoms with Crippen LogP contribution < -0.4 is 10.6 Å². The Bertz CT molecular complexity index is 409. The highest BCUT2D eigenvalue weighted by Crippen LogP contribution is 2.17. The van der Waals surface area contributed by atoms with Gasteiger partial charge in [-0.2, -0.15) is 0 Å². The lowest BCUT2D eigenvalue weighted by atomic mass is 10.0. The highest BCUT2D eigenvalue weighted by molar-refractivity contribution is 14.0. The zero-order chi connectivity index (χ0) is 18.8. The summed E-state index contributed by atoms with van der Waals surface area (Å²) in [6, 6.07) is 0.519. The average molecular weight is 496 g/mol. The number of hydrogen-bond acceptors (Lipinski definition) is 4. The molecule has 2 atom stereocenters. The Balaban J connectivity index is 0.00000364. The molecule has 2 unspecified atom stereocenters. The van der Waals surface area contributed by atoms with Crippen LogP contribution in [0, 0.1) is 11.8 Å². The molecule has 0 aromatic rings. The predicted molar refractivity (Wildman–Crippen MR) is 123 cm³/mol. The van der Waals surface area contributed by atoms with Crippen molar-refractivity contribution in [2.24, 2.45) is 16.8 Å². The van der Waals surface area contributed by atoms with Crippen molar-refractivity contribution in [2.45, 2.75) is 58.6 Å². The van der Waals surface area contributed by atoms with E-state index in [9.17, 15) is 0 Å². The lowest BCUT2D eigenvalue weighted by Gasteiger charge is -2.34. The number of hydrogen-bond donors (Lipinski definition) is 2. The first-order valence-corrected chi connectivity index (χ1v) is 10.5. The zero-order valence-electron chi connectivity index (χ0n) is 17.7. The largest absolute Gasteiger partial charge is 0.381 e. The van der Waals surface area contributed by atoms with E-state index < -0.39 is 0 Å². The maximum absolute atomic E-state index is 5.82. The molecule has 2 rings (SSSR count). The molecule has 0 aliphatic carbocycles. The first kappa shape index (κ1) is 24.9. The third-order valence-electron chi connectivity index (χ3n) is 5.54. The van der Waals surface area contributed by atoms with E-state index in [2.05, 4.69) is 41.3 Å². The molecule has 2 saturated heterocycles. The average Bonchev–Trinajstić information content (AvgIpc) is 3.14. The first-order valence-electron chi connectivity index (χ1n) is 10.5. The van der Waals surface area contributed by atoms with Crippen molar-refractivity contribution in [3.8, 4) is 0 Å². The zero-order valence-corrected chi connectivity index (χ0v) is 20.0. The van der Waals surface area contributed by atoms with Crippen LogP contribution in [0.4, 0.5) is 0 Å². The standard InChI is InChI=1S/C20H40N4O2.HI/c1-5-26-19(16(2)3)6-10-22-20(21-4)23-18-7-11-24(12-8-18)14-17-9-13-25-15-17;/h16-19H,5-15H2,1-4H3,(H2,21,22,23);1H. The third-order valence-corrected chi connectivity index (χ3v) is 5.54. The Morgan fingerprint density at radius 1 is 1.26 bits per heavy atom. The molecule has 0 aromatic carbocycles. The summed E-state index contributed by atoms with van der Waals surface area (Å²) in [5.41, 5.74) is 0. The van der Waals surface area contributed by atoms with Crippen LogP contribution in [0.15, 0.2) is 4.99 Å². The van der Waals surface area contributed by atoms with Gasteiger partial charge in [0.2, 0.25) is 0 Å². The van der Waals surface area contributed by atoms with E-state index in [1.54, 1.807) is 0 Å². The summed E-state index contributed by atoms with van der Waals surface area (Å²) in [6.07, 6.45) is 4.92. The SMILES string of the molecule is CCOC(CCNC(=NC)NC1CCN(CC2CCOC2)CC1)C(C)C.I. The number of likely N-dealkylation sites (tertiary alicyclic amines) is 1. The molecule has 7 heteroatoms. The molecule has 0 aromatic heterocycles. The minimum Gasteiger partial charge on any atom is -0.381 e. The summed E-state index contributed by atoms with van der Waals surface area (Å²) in [5, 5.41) is 7.06. The van der Waals surface area contributed by atoms with E-state index in [0.29, 0.717) is 18.1 Å².